The first-order valence-electron chi connectivity index (χ1n) is 6.37. The minimum atomic E-state index is 0.401. The first kappa shape index (κ1) is 13.3. The molecule has 0 aromatic heterocycles. The number of hydrogen-bond donors (Lipinski definition) is 3. The van der Waals surface area contributed by atoms with Crippen molar-refractivity contribution in [1.82, 2.24) is 5.32 Å². The minimum Gasteiger partial charge on any atom is -0.399 e. The van der Waals surface area contributed by atoms with Crippen LogP contribution in [0.4, 0.5) is 5.69 Å². The maximum absolute atomic E-state index is 11.1. The number of anilines is 1. The van der Waals surface area contributed by atoms with Crippen molar-refractivity contribution in [3.63, 3.8) is 0 Å². The van der Waals surface area contributed by atoms with Crippen molar-refractivity contribution in [3.05, 3.63) is 35.5 Å². The van der Waals surface area contributed by atoms with Gasteiger partial charge in [0.25, 0.3) is 0 Å². The Morgan fingerprint density at radius 1 is 1.53 bits per heavy atom. The van der Waals surface area contributed by atoms with Crippen molar-refractivity contribution in [2.24, 2.45) is 5.41 Å². The largest absolute Gasteiger partial charge is 0.399 e. The second-order valence-electron chi connectivity index (χ2n) is 5.40. The quantitative estimate of drug-likeness (QED) is 0.416. The van der Waals surface area contributed by atoms with Gasteiger partial charge in [-0.3, -0.25) is 4.79 Å². The van der Waals surface area contributed by atoms with Crippen LogP contribution in [-0.4, -0.2) is 19.0 Å². The standard InChI is InChI=1S/C15H19N3O/c1-15(4-5-15)10-18-8-12(7-16)14-3-2-13(17)6-11(14)9-19/h2-3,6-9,16,18H,4-5,10,17H2,1H3/b12-8+,16-7?. The average Bonchev–Trinajstić information content (AvgIpc) is 3.13. The van der Waals surface area contributed by atoms with Crippen LogP contribution in [0.25, 0.3) is 5.57 Å². The summed E-state index contributed by atoms with van der Waals surface area (Å²) in [5.41, 5.74) is 8.53. The lowest BCUT2D eigenvalue weighted by atomic mass is 10.0. The Hall–Kier alpha value is -2.10. The molecule has 1 aliphatic carbocycles. The van der Waals surface area contributed by atoms with Crippen molar-refractivity contribution in [2.75, 3.05) is 12.3 Å². The summed E-state index contributed by atoms with van der Waals surface area (Å²) in [5, 5.41) is 10.7. The van der Waals surface area contributed by atoms with E-state index in [1.807, 2.05) is 0 Å². The monoisotopic (exact) mass is 257 g/mol. The molecule has 0 bridgehead atoms. The molecule has 0 heterocycles. The van der Waals surface area contributed by atoms with Crippen LogP contribution in [-0.2, 0) is 0 Å². The first-order valence-corrected chi connectivity index (χ1v) is 6.37. The number of nitrogen functional groups attached to an aromatic ring is 1. The predicted molar refractivity (Wildman–Crippen MR) is 78.3 cm³/mol. The Morgan fingerprint density at radius 3 is 2.84 bits per heavy atom. The van der Waals surface area contributed by atoms with Gasteiger partial charge in [0.2, 0.25) is 0 Å². The van der Waals surface area contributed by atoms with E-state index in [9.17, 15) is 4.79 Å². The van der Waals surface area contributed by atoms with E-state index in [0.29, 0.717) is 22.2 Å². The van der Waals surface area contributed by atoms with Gasteiger partial charge < -0.3 is 16.5 Å². The highest BCUT2D eigenvalue weighted by Gasteiger charge is 2.36. The molecular weight excluding hydrogens is 238 g/mol. The molecule has 0 atom stereocenters. The molecule has 0 aliphatic heterocycles. The Balaban J connectivity index is 2.18. The Kier molecular flexibility index (Phi) is 3.69. The van der Waals surface area contributed by atoms with E-state index in [1.165, 1.54) is 19.1 Å². The highest BCUT2D eigenvalue weighted by atomic mass is 16.1. The zero-order valence-corrected chi connectivity index (χ0v) is 11.1. The summed E-state index contributed by atoms with van der Waals surface area (Å²) in [4.78, 5) is 11.1. The fourth-order valence-corrected chi connectivity index (χ4v) is 1.94. The van der Waals surface area contributed by atoms with Crippen molar-refractivity contribution < 1.29 is 4.79 Å². The molecule has 1 aliphatic rings. The molecule has 1 fully saturated rings. The molecular formula is C15H19N3O. The molecule has 4 nitrogen and oxygen atoms in total. The van der Waals surface area contributed by atoms with E-state index >= 15 is 0 Å². The molecule has 0 saturated heterocycles. The van der Waals surface area contributed by atoms with Gasteiger partial charge in [0.15, 0.2) is 6.29 Å². The van der Waals surface area contributed by atoms with Crippen LogP contribution >= 0.6 is 0 Å². The van der Waals surface area contributed by atoms with Gasteiger partial charge in [-0.15, -0.1) is 0 Å². The van der Waals surface area contributed by atoms with Crippen LogP contribution in [0.3, 0.4) is 0 Å². The Labute approximate surface area is 113 Å². The summed E-state index contributed by atoms with van der Waals surface area (Å²) < 4.78 is 0. The predicted octanol–water partition coefficient (Wildman–Crippen LogP) is 2.46. The van der Waals surface area contributed by atoms with E-state index in [-0.39, 0.29) is 0 Å². The third kappa shape index (κ3) is 3.22. The second-order valence-corrected chi connectivity index (χ2v) is 5.40. The molecule has 0 spiro atoms. The first-order chi connectivity index (χ1) is 9.08. The molecule has 0 unspecified atom stereocenters. The van der Waals surface area contributed by atoms with Crippen LogP contribution in [0.15, 0.2) is 24.4 Å². The van der Waals surface area contributed by atoms with Gasteiger partial charge in [-0.05, 0) is 36.0 Å². The van der Waals surface area contributed by atoms with Gasteiger partial charge >= 0.3 is 0 Å². The number of nitrogens with one attached hydrogen (secondary N) is 2. The lowest BCUT2D eigenvalue weighted by Gasteiger charge is -2.10. The number of allylic oxidation sites excluding steroid dienone is 1. The maximum Gasteiger partial charge on any atom is 0.150 e. The smallest absolute Gasteiger partial charge is 0.150 e. The van der Waals surface area contributed by atoms with E-state index in [1.54, 1.807) is 24.4 Å². The fourth-order valence-electron chi connectivity index (χ4n) is 1.94. The van der Waals surface area contributed by atoms with Crippen LogP contribution in [0.5, 0.6) is 0 Å². The average molecular weight is 257 g/mol. The molecule has 1 aromatic rings. The van der Waals surface area contributed by atoms with E-state index in [4.69, 9.17) is 11.1 Å². The molecule has 4 N–H and O–H groups in total. The number of benzene rings is 1. The van der Waals surface area contributed by atoms with Gasteiger partial charge in [-0.1, -0.05) is 13.0 Å². The van der Waals surface area contributed by atoms with E-state index in [0.717, 1.165) is 18.4 Å². The van der Waals surface area contributed by atoms with Crippen molar-refractivity contribution in [3.8, 4) is 0 Å². The van der Waals surface area contributed by atoms with Crippen molar-refractivity contribution in [2.45, 2.75) is 19.8 Å². The lowest BCUT2D eigenvalue weighted by molar-refractivity contribution is 0.112. The molecule has 0 radical (unpaired) electrons. The van der Waals surface area contributed by atoms with Crippen LogP contribution < -0.4 is 11.1 Å². The van der Waals surface area contributed by atoms with Crippen molar-refractivity contribution in [1.29, 1.82) is 5.41 Å². The maximum atomic E-state index is 11.1. The lowest BCUT2D eigenvalue weighted by Crippen LogP contribution is -2.17. The summed E-state index contributed by atoms with van der Waals surface area (Å²) in [5.74, 6) is 0. The van der Waals surface area contributed by atoms with Crippen LogP contribution in [0.2, 0.25) is 0 Å². The van der Waals surface area contributed by atoms with E-state index < -0.39 is 0 Å². The van der Waals surface area contributed by atoms with Gasteiger partial charge in [-0.25, -0.2) is 0 Å². The summed E-state index contributed by atoms with van der Waals surface area (Å²) in [6.07, 6.45) is 6.31. The zero-order chi connectivity index (χ0) is 13.9. The normalized spacial score (nSPS) is 16.8. The molecule has 2 rings (SSSR count). The third-order valence-electron chi connectivity index (χ3n) is 3.56. The van der Waals surface area contributed by atoms with Gasteiger partial charge in [0.05, 0.1) is 0 Å². The number of aldehydes is 1. The second kappa shape index (κ2) is 5.26. The fraction of sp³-hybridized carbons (Fsp3) is 0.333. The SMILES string of the molecule is CC1(CN/C=C(\C=N)c2ccc(N)cc2C=O)CC1. The molecule has 0 amide bonds. The zero-order valence-electron chi connectivity index (χ0n) is 11.1. The Morgan fingerprint density at radius 2 is 2.26 bits per heavy atom. The molecule has 19 heavy (non-hydrogen) atoms. The van der Waals surface area contributed by atoms with Crippen LogP contribution in [0, 0.1) is 10.8 Å². The van der Waals surface area contributed by atoms with Gasteiger partial charge in [0.1, 0.15) is 0 Å². The summed E-state index contributed by atoms with van der Waals surface area (Å²) in [7, 11) is 0. The molecule has 1 aromatic carbocycles. The molecule has 4 heteroatoms. The topological polar surface area (TPSA) is 79.0 Å². The van der Waals surface area contributed by atoms with Crippen LogP contribution in [0.1, 0.15) is 35.7 Å². The number of carbonyl (C=O) groups is 1. The number of hydrogen-bond acceptors (Lipinski definition) is 4. The highest BCUT2D eigenvalue weighted by Crippen LogP contribution is 2.44. The van der Waals surface area contributed by atoms with Gasteiger partial charge in [0, 0.05) is 35.8 Å². The summed E-state index contributed by atoms with van der Waals surface area (Å²) in [6, 6.07) is 5.14. The third-order valence-corrected chi connectivity index (χ3v) is 3.56. The molecule has 100 valence electrons. The van der Waals surface area contributed by atoms with Crippen molar-refractivity contribution >= 4 is 23.8 Å². The number of rotatable bonds is 6. The summed E-state index contributed by atoms with van der Waals surface area (Å²) in [6.45, 7) is 3.13. The van der Waals surface area contributed by atoms with E-state index in [2.05, 4.69) is 12.2 Å². The summed E-state index contributed by atoms with van der Waals surface area (Å²) >= 11 is 0. The molecule has 1 saturated carbocycles. The number of carbonyl (C=O) groups excluding carboxylic acids is 1. The number of nitrogens with two attached hydrogens (primary N) is 1. The minimum absolute atomic E-state index is 0.401. The highest BCUT2D eigenvalue weighted by molar-refractivity contribution is 6.11. The Bertz CT molecular complexity index is 530. The van der Waals surface area contributed by atoms with Gasteiger partial charge in [-0.2, -0.15) is 0 Å².